The molecule has 0 aliphatic heterocycles. The summed E-state index contributed by atoms with van der Waals surface area (Å²) in [5, 5.41) is 0.698. The number of halogens is 1. The number of benzene rings is 4. The normalized spacial score (nSPS) is 18.4. The molecule has 0 fully saturated rings. The van der Waals surface area contributed by atoms with Crippen LogP contribution in [0.5, 0.6) is 0 Å². The Kier molecular flexibility index (Phi) is 9.92. The smallest absolute Gasteiger partial charge is 0.0497 e. The van der Waals surface area contributed by atoms with Crippen molar-refractivity contribution < 1.29 is 0 Å². The van der Waals surface area contributed by atoms with Gasteiger partial charge < -0.3 is 9.80 Å². The zero-order chi connectivity index (χ0) is 36.9. The summed E-state index contributed by atoms with van der Waals surface area (Å²) >= 11 is 7.19. The molecule has 0 N–H and O–H groups in total. The highest BCUT2D eigenvalue weighted by molar-refractivity contribution is 6.31. The molecule has 0 atom stereocenters. The van der Waals surface area contributed by atoms with Gasteiger partial charge in [0.25, 0.3) is 0 Å². The molecule has 2 aliphatic rings. The van der Waals surface area contributed by atoms with Crippen LogP contribution in [0.2, 0.25) is 5.02 Å². The van der Waals surface area contributed by atoms with Crippen LogP contribution in [0.4, 0.5) is 28.4 Å². The molecule has 51 heavy (non-hydrogen) atoms. The predicted octanol–water partition coefficient (Wildman–Crippen LogP) is 14.8. The van der Waals surface area contributed by atoms with E-state index in [1.807, 2.05) is 6.08 Å². The zero-order valence-corrected chi connectivity index (χ0v) is 33.6. The zero-order valence-electron chi connectivity index (χ0n) is 32.9. The highest BCUT2D eigenvalue weighted by Crippen LogP contribution is 2.51. The van der Waals surface area contributed by atoms with Crippen LogP contribution in [-0.2, 0) is 21.7 Å². The monoisotopic (exact) mass is 698 g/mol. The first kappa shape index (κ1) is 37.0. The Bertz CT molecular complexity index is 1960. The number of allylic oxidation sites excluding steroid dienone is 2. The van der Waals surface area contributed by atoms with Gasteiger partial charge in [-0.15, -0.1) is 0 Å². The maximum atomic E-state index is 7.19. The fourth-order valence-electron chi connectivity index (χ4n) is 8.49. The van der Waals surface area contributed by atoms with Crippen LogP contribution in [0.25, 0.3) is 0 Å². The summed E-state index contributed by atoms with van der Waals surface area (Å²) in [4.78, 5) is 4.77. The van der Waals surface area contributed by atoms with Gasteiger partial charge in [-0.2, -0.15) is 0 Å². The number of hydrogen-bond donors (Lipinski definition) is 0. The number of nitrogens with zero attached hydrogens (tertiary/aromatic N) is 2. The van der Waals surface area contributed by atoms with E-state index in [1.54, 1.807) is 0 Å². The summed E-state index contributed by atoms with van der Waals surface area (Å²) in [5.74, 6) is 0. The van der Waals surface area contributed by atoms with Gasteiger partial charge in [-0.05, 0) is 143 Å². The van der Waals surface area contributed by atoms with Crippen LogP contribution in [0.15, 0.2) is 103 Å². The van der Waals surface area contributed by atoms with Crippen LogP contribution in [0.1, 0.15) is 129 Å². The van der Waals surface area contributed by atoms with Crippen molar-refractivity contribution in [2.24, 2.45) is 0 Å². The van der Waals surface area contributed by atoms with Crippen molar-refractivity contribution in [3.8, 4) is 0 Å². The first-order valence-corrected chi connectivity index (χ1v) is 19.5. The van der Waals surface area contributed by atoms with Gasteiger partial charge in [0.05, 0.1) is 0 Å². The molecular formula is C48H59ClN2. The molecule has 0 bridgehead atoms. The molecule has 0 aromatic heterocycles. The van der Waals surface area contributed by atoms with E-state index in [0.717, 1.165) is 47.7 Å². The molecule has 0 saturated heterocycles. The van der Waals surface area contributed by atoms with Crippen LogP contribution in [0.3, 0.4) is 0 Å². The van der Waals surface area contributed by atoms with E-state index < -0.39 is 0 Å². The van der Waals surface area contributed by atoms with Gasteiger partial charge in [0.1, 0.15) is 0 Å². The topological polar surface area (TPSA) is 6.48 Å². The van der Waals surface area contributed by atoms with Gasteiger partial charge in [0.2, 0.25) is 0 Å². The molecule has 6 rings (SSSR count). The standard InChI is InChI=1S/C48H59ClN2/c1-12-14-18-35(13-2)51(44-32-43-41(27-33(44)3)46(6,7)25-26-48(43,10)11)39-29-34(49)28-38(30-39)50(36-19-16-15-17-20-36)37-21-22-40-42(31-37)47(8,9)24-23-45(40,4)5/h13,15-22,27-32H,2,12,14,23-26H2,1,3-11H3/b35-18+. The second-order valence-corrected chi connectivity index (χ2v) is 18.2. The van der Waals surface area contributed by atoms with Gasteiger partial charge in [0, 0.05) is 39.2 Å². The Labute approximate surface area is 314 Å². The van der Waals surface area contributed by atoms with Crippen LogP contribution in [0, 0.1) is 6.92 Å². The molecule has 2 aliphatic carbocycles. The number of anilines is 5. The van der Waals surface area contributed by atoms with Gasteiger partial charge in [0.15, 0.2) is 0 Å². The molecule has 0 heterocycles. The van der Waals surface area contributed by atoms with Crippen molar-refractivity contribution in [3.63, 3.8) is 0 Å². The Balaban J connectivity index is 1.59. The van der Waals surface area contributed by atoms with Gasteiger partial charge in [-0.25, -0.2) is 0 Å². The van der Waals surface area contributed by atoms with Crippen molar-refractivity contribution in [3.05, 3.63) is 136 Å². The summed E-state index contributed by atoms with van der Waals surface area (Å²) in [5.41, 5.74) is 14.1. The number of rotatable bonds is 9. The lowest BCUT2D eigenvalue weighted by Gasteiger charge is -2.43. The molecular weight excluding hydrogens is 640 g/mol. The van der Waals surface area contributed by atoms with Crippen molar-refractivity contribution in [2.45, 2.75) is 129 Å². The molecule has 2 nitrogen and oxygen atoms in total. The number of unbranched alkanes of at least 4 members (excludes halogenated alkanes) is 1. The minimum Gasteiger partial charge on any atom is -0.310 e. The largest absolute Gasteiger partial charge is 0.310 e. The molecule has 0 unspecified atom stereocenters. The van der Waals surface area contributed by atoms with E-state index in [4.69, 9.17) is 11.6 Å². The molecule has 0 spiro atoms. The molecule has 0 saturated carbocycles. The Morgan fingerprint density at radius 2 is 1.20 bits per heavy atom. The summed E-state index contributed by atoms with van der Waals surface area (Å²) in [7, 11) is 0. The predicted molar refractivity (Wildman–Crippen MR) is 223 cm³/mol. The first-order valence-electron chi connectivity index (χ1n) is 19.1. The van der Waals surface area contributed by atoms with Gasteiger partial charge in [-0.3, -0.25) is 0 Å². The molecule has 268 valence electrons. The molecule has 3 heteroatoms. The maximum absolute atomic E-state index is 7.19. The van der Waals surface area contributed by atoms with E-state index in [2.05, 4.69) is 171 Å². The summed E-state index contributed by atoms with van der Waals surface area (Å²) in [6.45, 7) is 28.0. The molecule has 4 aromatic rings. The van der Waals surface area contributed by atoms with Crippen molar-refractivity contribution >= 4 is 40.0 Å². The van der Waals surface area contributed by atoms with E-state index >= 15 is 0 Å². The van der Waals surface area contributed by atoms with Crippen molar-refractivity contribution in [2.75, 3.05) is 9.80 Å². The molecule has 0 radical (unpaired) electrons. The van der Waals surface area contributed by atoms with Crippen LogP contribution >= 0.6 is 11.6 Å². The number of fused-ring (bicyclic) bond motifs is 2. The average molecular weight is 699 g/mol. The minimum absolute atomic E-state index is 0.0822. The first-order chi connectivity index (χ1) is 24.0. The third kappa shape index (κ3) is 7.06. The SMILES string of the molecule is C=C/C(=C\CCC)N(c1cc(Cl)cc(N(c2ccccc2)c2ccc3c(c2)C(C)(C)CCC3(C)C)c1)c1cc2c(cc1C)C(C)(C)CCC2(C)C. The maximum Gasteiger partial charge on any atom is 0.0497 e. The Hall–Kier alpha value is -3.75. The highest BCUT2D eigenvalue weighted by Gasteiger charge is 2.39. The highest BCUT2D eigenvalue weighted by atomic mass is 35.5. The minimum atomic E-state index is 0.0822. The van der Waals surface area contributed by atoms with Crippen LogP contribution in [-0.4, -0.2) is 0 Å². The van der Waals surface area contributed by atoms with Crippen molar-refractivity contribution in [1.29, 1.82) is 0 Å². The summed E-state index contributed by atoms with van der Waals surface area (Å²) in [6, 6.07) is 29.3. The summed E-state index contributed by atoms with van der Waals surface area (Å²) in [6.07, 6.45) is 11.1. The molecule has 0 amide bonds. The third-order valence-corrected chi connectivity index (χ3v) is 12.2. The van der Waals surface area contributed by atoms with E-state index in [9.17, 15) is 0 Å². The van der Waals surface area contributed by atoms with Crippen LogP contribution < -0.4 is 9.80 Å². The second-order valence-electron chi connectivity index (χ2n) is 17.7. The van der Waals surface area contributed by atoms with E-state index in [-0.39, 0.29) is 21.7 Å². The lowest BCUT2D eigenvalue weighted by molar-refractivity contribution is 0.332. The lowest BCUT2D eigenvalue weighted by atomic mass is 9.63. The number of aryl methyl sites for hydroxylation is 1. The van der Waals surface area contributed by atoms with Crippen molar-refractivity contribution in [1.82, 2.24) is 0 Å². The van der Waals surface area contributed by atoms with Gasteiger partial charge in [-0.1, -0.05) is 123 Å². The third-order valence-electron chi connectivity index (χ3n) is 12.0. The Morgan fingerprint density at radius 1 is 0.647 bits per heavy atom. The second kappa shape index (κ2) is 13.7. The van der Waals surface area contributed by atoms with E-state index in [0.29, 0.717) is 5.02 Å². The van der Waals surface area contributed by atoms with E-state index in [1.165, 1.54) is 52.8 Å². The Morgan fingerprint density at radius 3 is 1.78 bits per heavy atom. The fourth-order valence-corrected chi connectivity index (χ4v) is 8.72. The summed E-state index contributed by atoms with van der Waals surface area (Å²) < 4.78 is 0. The van der Waals surface area contributed by atoms with Gasteiger partial charge >= 0.3 is 0 Å². The quantitative estimate of drug-likeness (QED) is 0.161. The molecule has 4 aromatic carbocycles. The average Bonchev–Trinajstić information content (AvgIpc) is 3.08. The fraction of sp³-hybridized carbons (Fsp3) is 0.417. The number of hydrogen-bond acceptors (Lipinski definition) is 2. The number of para-hydroxylation sites is 1. The lowest BCUT2D eigenvalue weighted by Crippen LogP contribution is -2.34.